The van der Waals surface area contributed by atoms with Gasteiger partial charge in [-0.3, -0.25) is 0 Å². The Balaban J connectivity index is 0.000000370. The molecule has 0 aromatic heterocycles. The minimum Gasteiger partial charge on any atom is -0.300 e. The maximum Gasteiger partial charge on any atom is 0.129 e. The summed E-state index contributed by atoms with van der Waals surface area (Å²) in [6.45, 7) is 7.76. The van der Waals surface area contributed by atoms with E-state index in [-0.39, 0.29) is 11.6 Å². The van der Waals surface area contributed by atoms with Crippen molar-refractivity contribution in [1.29, 1.82) is 0 Å². The summed E-state index contributed by atoms with van der Waals surface area (Å²) in [5, 5.41) is 0. The number of carbonyl (C=O) groups is 2. The third-order valence-corrected chi connectivity index (χ3v) is 4.31. The van der Waals surface area contributed by atoms with Crippen LogP contribution in [0.4, 0.5) is 0 Å². The van der Waals surface area contributed by atoms with Crippen LogP contribution in [0.2, 0.25) is 0 Å². The molecule has 1 aliphatic carbocycles. The number of carbonyl (C=O) groups excluding carboxylic acids is 2. The number of rotatable bonds is 7. The van der Waals surface area contributed by atoms with Gasteiger partial charge in [0.05, 0.1) is 0 Å². The fraction of sp³-hybridized carbons (Fsp3) is 0.889. The van der Waals surface area contributed by atoms with Gasteiger partial charge in [0.1, 0.15) is 11.6 Å². The van der Waals surface area contributed by atoms with Gasteiger partial charge in [-0.1, -0.05) is 58.8 Å². The topological polar surface area (TPSA) is 34.1 Å². The van der Waals surface area contributed by atoms with E-state index >= 15 is 0 Å². The van der Waals surface area contributed by atoms with Gasteiger partial charge in [-0.2, -0.15) is 0 Å². The molecule has 1 rings (SSSR count). The Hall–Kier alpha value is -0.660. The molecule has 1 fully saturated rings. The van der Waals surface area contributed by atoms with E-state index in [4.69, 9.17) is 0 Å². The third-order valence-electron chi connectivity index (χ3n) is 4.31. The molecule has 20 heavy (non-hydrogen) atoms. The van der Waals surface area contributed by atoms with Crippen molar-refractivity contribution in [3.05, 3.63) is 0 Å². The highest BCUT2D eigenvalue weighted by Gasteiger charge is 2.22. The van der Waals surface area contributed by atoms with Gasteiger partial charge >= 0.3 is 0 Å². The van der Waals surface area contributed by atoms with Crippen LogP contribution >= 0.6 is 0 Å². The molecule has 0 aromatic rings. The average Bonchev–Trinajstić information content (AvgIpc) is 2.39. The van der Waals surface area contributed by atoms with Crippen molar-refractivity contribution < 1.29 is 9.59 Å². The molecule has 0 aliphatic heterocycles. The number of Topliss-reactive ketones (excluding diaryl/α,β-unsaturated/α-hetero) is 2. The van der Waals surface area contributed by atoms with Gasteiger partial charge in [0.15, 0.2) is 0 Å². The van der Waals surface area contributed by atoms with E-state index in [9.17, 15) is 9.59 Å². The molecule has 2 atom stereocenters. The highest BCUT2D eigenvalue weighted by molar-refractivity contribution is 5.78. The maximum atomic E-state index is 10.3. The molecule has 1 saturated carbocycles. The first-order chi connectivity index (χ1) is 9.51. The second kappa shape index (κ2) is 12.1. The van der Waals surface area contributed by atoms with Crippen molar-refractivity contribution in [2.75, 3.05) is 0 Å². The summed E-state index contributed by atoms with van der Waals surface area (Å²) >= 11 is 0. The Morgan fingerprint density at radius 3 is 1.80 bits per heavy atom. The van der Waals surface area contributed by atoms with Crippen LogP contribution in [0, 0.1) is 11.8 Å². The molecular formula is C18H34O2. The second-order valence-electron chi connectivity index (χ2n) is 6.26. The lowest BCUT2D eigenvalue weighted by atomic mass is 9.76. The minimum absolute atomic E-state index is 0.163. The van der Waals surface area contributed by atoms with Crippen LogP contribution in [0.5, 0.6) is 0 Å². The van der Waals surface area contributed by atoms with E-state index in [1.807, 2.05) is 0 Å². The lowest BCUT2D eigenvalue weighted by Gasteiger charge is -2.30. The molecular weight excluding hydrogens is 248 g/mol. The zero-order valence-corrected chi connectivity index (χ0v) is 14.0. The number of ketones is 2. The van der Waals surface area contributed by atoms with Crippen LogP contribution < -0.4 is 0 Å². The quantitative estimate of drug-likeness (QED) is 0.631. The van der Waals surface area contributed by atoms with Gasteiger partial charge in [-0.05, 0) is 32.1 Å². The molecule has 0 amide bonds. The predicted molar refractivity (Wildman–Crippen MR) is 85.9 cm³/mol. The highest BCUT2D eigenvalue weighted by Crippen LogP contribution is 2.34. The van der Waals surface area contributed by atoms with Crippen molar-refractivity contribution >= 4 is 11.6 Å². The van der Waals surface area contributed by atoms with Crippen molar-refractivity contribution in [3.63, 3.8) is 0 Å². The fourth-order valence-corrected chi connectivity index (χ4v) is 3.16. The van der Waals surface area contributed by atoms with Crippen LogP contribution in [0.1, 0.15) is 91.9 Å². The number of hydrogen-bond donors (Lipinski definition) is 0. The van der Waals surface area contributed by atoms with E-state index in [1.54, 1.807) is 13.8 Å². The van der Waals surface area contributed by atoms with Gasteiger partial charge in [-0.25, -0.2) is 0 Å². The molecule has 2 unspecified atom stereocenters. The third kappa shape index (κ3) is 10.2. The predicted octanol–water partition coefficient (Wildman–Crippen LogP) is 5.34. The molecule has 0 radical (unpaired) electrons. The zero-order valence-electron chi connectivity index (χ0n) is 14.0. The van der Waals surface area contributed by atoms with Crippen molar-refractivity contribution in [2.24, 2.45) is 11.8 Å². The number of hydrogen-bond acceptors (Lipinski definition) is 2. The van der Waals surface area contributed by atoms with Gasteiger partial charge in [-0.15, -0.1) is 0 Å². The van der Waals surface area contributed by atoms with Crippen molar-refractivity contribution in [1.82, 2.24) is 0 Å². The first kappa shape index (κ1) is 19.3. The Bertz CT molecular complexity index is 255. The summed E-state index contributed by atoms with van der Waals surface area (Å²) in [5.41, 5.74) is 0. The molecule has 2 nitrogen and oxygen atoms in total. The average molecular weight is 282 g/mol. The maximum absolute atomic E-state index is 10.3. The Morgan fingerprint density at radius 1 is 0.900 bits per heavy atom. The molecule has 0 spiro atoms. The summed E-state index contributed by atoms with van der Waals surface area (Å²) in [6.07, 6.45) is 12.1. The largest absolute Gasteiger partial charge is 0.300 e. The fourth-order valence-electron chi connectivity index (χ4n) is 3.16. The second-order valence-corrected chi connectivity index (χ2v) is 6.26. The van der Waals surface area contributed by atoms with Crippen molar-refractivity contribution in [2.45, 2.75) is 91.9 Å². The van der Waals surface area contributed by atoms with Crippen LogP contribution in [-0.4, -0.2) is 11.6 Å². The molecule has 0 heterocycles. The van der Waals surface area contributed by atoms with Crippen LogP contribution in [0.25, 0.3) is 0 Å². The van der Waals surface area contributed by atoms with Gasteiger partial charge in [0.2, 0.25) is 0 Å². The normalized spacial score (nSPS) is 21.8. The Labute approximate surface area is 125 Å². The Kier molecular flexibility index (Phi) is 11.7. The summed E-state index contributed by atoms with van der Waals surface area (Å²) < 4.78 is 0. The first-order valence-electron chi connectivity index (χ1n) is 8.50. The summed E-state index contributed by atoms with van der Waals surface area (Å²) in [4.78, 5) is 20.6. The van der Waals surface area contributed by atoms with E-state index in [0.29, 0.717) is 19.3 Å². The summed E-state index contributed by atoms with van der Waals surface area (Å²) in [6, 6.07) is 0. The van der Waals surface area contributed by atoms with Gasteiger partial charge < -0.3 is 9.59 Å². The van der Waals surface area contributed by atoms with Crippen LogP contribution in [-0.2, 0) is 9.59 Å². The molecule has 0 N–H and O–H groups in total. The molecule has 1 aliphatic rings. The monoisotopic (exact) mass is 282 g/mol. The standard InChI is InChI=1S/C11H22.C7H12O2/c1-3-7-11-9-6-5-8-10(11)4-2;1-6(8)4-3-5-7(2)9/h10-11H,3-9H2,1-2H3;3-5H2,1-2H3. The van der Waals surface area contributed by atoms with Crippen LogP contribution in [0.3, 0.4) is 0 Å². The molecule has 118 valence electrons. The molecule has 0 saturated heterocycles. The lowest BCUT2D eigenvalue weighted by molar-refractivity contribution is -0.118. The first-order valence-corrected chi connectivity index (χ1v) is 8.50. The van der Waals surface area contributed by atoms with E-state index in [1.165, 1.54) is 44.9 Å². The Morgan fingerprint density at radius 2 is 1.40 bits per heavy atom. The van der Waals surface area contributed by atoms with Crippen LogP contribution in [0.15, 0.2) is 0 Å². The molecule has 0 aromatic carbocycles. The molecule has 0 bridgehead atoms. The SMILES string of the molecule is CC(=O)CCCC(C)=O.CCCC1CCCCC1CC. The summed E-state index contributed by atoms with van der Waals surface area (Å²) in [7, 11) is 0. The van der Waals surface area contributed by atoms with Gasteiger partial charge in [0.25, 0.3) is 0 Å². The van der Waals surface area contributed by atoms with Crippen molar-refractivity contribution in [3.8, 4) is 0 Å². The van der Waals surface area contributed by atoms with Gasteiger partial charge in [0, 0.05) is 12.8 Å². The van der Waals surface area contributed by atoms with E-state index < -0.39 is 0 Å². The van der Waals surface area contributed by atoms with E-state index in [0.717, 1.165) is 11.8 Å². The minimum atomic E-state index is 0.163. The summed E-state index contributed by atoms with van der Waals surface area (Å²) in [5.74, 6) is 2.48. The lowest BCUT2D eigenvalue weighted by Crippen LogP contribution is -2.18. The highest BCUT2D eigenvalue weighted by atomic mass is 16.1. The zero-order chi connectivity index (χ0) is 15.4. The molecule has 2 heteroatoms. The van der Waals surface area contributed by atoms with E-state index in [2.05, 4.69) is 13.8 Å². The smallest absolute Gasteiger partial charge is 0.129 e.